The van der Waals surface area contributed by atoms with E-state index in [1.54, 1.807) is 29.2 Å². The van der Waals surface area contributed by atoms with E-state index >= 15 is 0 Å². The van der Waals surface area contributed by atoms with E-state index < -0.39 is 10.0 Å². The first kappa shape index (κ1) is 17.0. The summed E-state index contributed by atoms with van der Waals surface area (Å²) in [5.41, 5.74) is 0.483. The van der Waals surface area contributed by atoms with Crippen molar-refractivity contribution in [1.82, 2.24) is 4.90 Å². The molecule has 1 amide bonds. The van der Waals surface area contributed by atoms with Crippen molar-refractivity contribution in [1.29, 1.82) is 0 Å². The van der Waals surface area contributed by atoms with Crippen molar-refractivity contribution in [2.24, 2.45) is 0 Å². The third-order valence-corrected chi connectivity index (χ3v) is 4.58. The lowest BCUT2D eigenvalue weighted by atomic mass is 10.3. The average molecular weight is 363 g/mol. The molecule has 1 aromatic rings. The normalized spacial score (nSPS) is 11.2. The Balaban J connectivity index is 3.03. The maximum atomic E-state index is 12.1. The summed E-state index contributed by atoms with van der Waals surface area (Å²) in [7, 11) is -3.51. The number of carbonyl (C=O) groups excluding carboxylic acids is 1. The molecule has 0 aliphatic heterocycles. The summed E-state index contributed by atoms with van der Waals surface area (Å²) in [4.78, 5) is 13.7. The largest absolute Gasteiger partial charge is 0.342 e. The quantitative estimate of drug-likeness (QED) is 0.778. The van der Waals surface area contributed by atoms with Crippen LogP contribution in [-0.2, 0) is 14.8 Å². The van der Waals surface area contributed by atoms with Gasteiger partial charge >= 0.3 is 0 Å². The Morgan fingerprint density at radius 1 is 1.15 bits per heavy atom. The molecule has 0 atom stereocenters. The third-order valence-electron chi connectivity index (χ3n) is 2.91. The van der Waals surface area contributed by atoms with Crippen molar-refractivity contribution in [2.45, 2.75) is 13.8 Å². The molecule has 20 heavy (non-hydrogen) atoms. The molecule has 7 heteroatoms. The van der Waals surface area contributed by atoms with E-state index in [4.69, 9.17) is 0 Å². The minimum absolute atomic E-state index is 0.178. The van der Waals surface area contributed by atoms with Gasteiger partial charge in [0.1, 0.15) is 6.54 Å². The molecule has 0 aliphatic rings. The van der Waals surface area contributed by atoms with Crippen LogP contribution in [0.15, 0.2) is 28.7 Å². The number of rotatable bonds is 6. The highest BCUT2D eigenvalue weighted by atomic mass is 79.9. The van der Waals surface area contributed by atoms with Gasteiger partial charge in [0, 0.05) is 17.6 Å². The minimum Gasteiger partial charge on any atom is -0.342 e. The molecule has 0 unspecified atom stereocenters. The molecule has 0 spiro atoms. The van der Waals surface area contributed by atoms with Crippen LogP contribution in [0, 0.1) is 0 Å². The van der Waals surface area contributed by atoms with Crippen LogP contribution in [0.1, 0.15) is 13.8 Å². The fourth-order valence-electron chi connectivity index (χ4n) is 1.81. The van der Waals surface area contributed by atoms with Crippen LogP contribution in [-0.4, -0.2) is 45.1 Å². The second-order valence-electron chi connectivity index (χ2n) is 4.31. The van der Waals surface area contributed by atoms with Gasteiger partial charge in [-0.15, -0.1) is 0 Å². The van der Waals surface area contributed by atoms with Crippen LogP contribution in [0.3, 0.4) is 0 Å². The SMILES string of the molecule is CCN(CC)C(=O)CN(c1ccc(Br)cc1)S(C)(=O)=O. The van der Waals surface area contributed by atoms with E-state index in [2.05, 4.69) is 15.9 Å². The Kier molecular flexibility index (Phi) is 6.01. The van der Waals surface area contributed by atoms with Crippen molar-refractivity contribution in [3.8, 4) is 0 Å². The molecule has 0 N–H and O–H groups in total. The Morgan fingerprint density at radius 2 is 1.65 bits per heavy atom. The predicted molar refractivity (Wildman–Crippen MR) is 84.3 cm³/mol. The fraction of sp³-hybridized carbons (Fsp3) is 0.462. The van der Waals surface area contributed by atoms with E-state index in [-0.39, 0.29) is 12.5 Å². The number of hydrogen-bond acceptors (Lipinski definition) is 3. The number of carbonyl (C=O) groups is 1. The van der Waals surface area contributed by atoms with Crippen LogP contribution in [0.4, 0.5) is 5.69 Å². The lowest BCUT2D eigenvalue weighted by molar-refractivity contribution is -0.129. The van der Waals surface area contributed by atoms with Crippen LogP contribution in [0.2, 0.25) is 0 Å². The van der Waals surface area contributed by atoms with E-state index in [1.807, 2.05) is 13.8 Å². The van der Waals surface area contributed by atoms with Crippen LogP contribution >= 0.6 is 15.9 Å². The first-order valence-electron chi connectivity index (χ1n) is 6.30. The van der Waals surface area contributed by atoms with E-state index in [1.165, 1.54) is 0 Å². The van der Waals surface area contributed by atoms with Gasteiger partial charge < -0.3 is 4.90 Å². The molecule has 0 bridgehead atoms. The first-order valence-corrected chi connectivity index (χ1v) is 8.94. The Bertz CT molecular complexity index is 553. The fourth-order valence-corrected chi connectivity index (χ4v) is 2.92. The number of nitrogens with zero attached hydrogens (tertiary/aromatic N) is 2. The standard InChI is InChI=1S/C13H19BrN2O3S/c1-4-15(5-2)13(17)10-16(20(3,18)19)12-8-6-11(14)7-9-12/h6-9H,4-5,10H2,1-3H3. The number of likely N-dealkylation sites (N-methyl/N-ethyl adjacent to an activating group) is 1. The number of hydrogen-bond donors (Lipinski definition) is 0. The number of benzene rings is 1. The predicted octanol–water partition coefficient (Wildman–Crippen LogP) is 2.08. The zero-order chi connectivity index (χ0) is 15.3. The molecule has 1 rings (SSSR count). The second kappa shape index (κ2) is 7.08. The second-order valence-corrected chi connectivity index (χ2v) is 7.13. The summed E-state index contributed by atoms with van der Waals surface area (Å²) in [5.74, 6) is -0.205. The number of sulfonamides is 1. The van der Waals surface area contributed by atoms with Gasteiger partial charge in [0.15, 0.2) is 0 Å². The lowest BCUT2D eigenvalue weighted by Crippen LogP contribution is -2.42. The maximum absolute atomic E-state index is 12.1. The molecule has 0 saturated heterocycles. The number of halogens is 1. The third kappa shape index (κ3) is 4.49. The van der Waals surface area contributed by atoms with E-state index in [9.17, 15) is 13.2 Å². The van der Waals surface area contributed by atoms with Crippen molar-refractivity contribution >= 4 is 37.5 Å². The summed E-state index contributed by atoms with van der Waals surface area (Å²) >= 11 is 3.30. The van der Waals surface area contributed by atoms with Gasteiger partial charge in [-0.1, -0.05) is 15.9 Å². The van der Waals surface area contributed by atoms with Crippen LogP contribution in [0.5, 0.6) is 0 Å². The average Bonchev–Trinajstić information content (AvgIpc) is 2.37. The van der Waals surface area contributed by atoms with Gasteiger partial charge in [-0.2, -0.15) is 0 Å². The Hall–Kier alpha value is -1.08. The molecule has 0 heterocycles. The molecule has 0 aromatic heterocycles. The highest BCUT2D eigenvalue weighted by Gasteiger charge is 2.22. The number of amides is 1. The van der Waals surface area contributed by atoms with Crippen LogP contribution < -0.4 is 4.31 Å². The van der Waals surface area contributed by atoms with Crippen molar-refractivity contribution in [3.05, 3.63) is 28.7 Å². The highest BCUT2D eigenvalue weighted by Crippen LogP contribution is 2.20. The molecule has 0 radical (unpaired) electrons. The topological polar surface area (TPSA) is 57.7 Å². The van der Waals surface area contributed by atoms with Gasteiger partial charge in [0.2, 0.25) is 15.9 Å². The molecular weight excluding hydrogens is 344 g/mol. The molecule has 0 fully saturated rings. The monoisotopic (exact) mass is 362 g/mol. The van der Waals surface area contributed by atoms with Crippen molar-refractivity contribution in [2.75, 3.05) is 30.2 Å². The van der Waals surface area contributed by atoms with Crippen molar-refractivity contribution < 1.29 is 13.2 Å². The summed E-state index contributed by atoms with van der Waals surface area (Å²) in [6, 6.07) is 6.83. The minimum atomic E-state index is -3.51. The smallest absolute Gasteiger partial charge is 0.243 e. The molecule has 0 aliphatic carbocycles. The summed E-state index contributed by atoms with van der Waals surface area (Å²) in [6.45, 7) is 4.68. The van der Waals surface area contributed by atoms with Crippen LogP contribution in [0.25, 0.3) is 0 Å². The van der Waals surface area contributed by atoms with Gasteiger partial charge in [-0.25, -0.2) is 8.42 Å². The molecule has 0 saturated carbocycles. The summed E-state index contributed by atoms with van der Waals surface area (Å²) in [5, 5.41) is 0. The summed E-state index contributed by atoms with van der Waals surface area (Å²) < 4.78 is 25.8. The highest BCUT2D eigenvalue weighted by molar-refractivity contribution is 9.10. The Labute approximate surface area is 128 Å². The maximum Gasteiger partial charge on any atom is 0.243 e. The molecule has 5 nitrogen and oxygen atoms in total. The zero-order valence-corrected chi connectivity index (χ0v) is 14.2. The van der Waals surface area contributed by atoms with Crippen molar-refractivity contribution in [3.63, 3.8) is 0 Å². The first-order chi connectivity index (χ1) is 9.29. The lowest BCUT2D eigenvalue weighted by Gasteiger charge is -2.26. The van der Waals surface area contributed by atoms with Gasteiger partial charge in [-0.05, 0) is 38.1 Å². The van der Waals surface area contributed by atoms with E-state index in [0.717, 1.165) is 15.0 Å². The van der Waals surface area contributed by atoms with E-state index in [0.29, 0.717) is 18.8 Å². The molecule has 1 aromatic carbocycles. The van der Waals surface area contributed by atoms with Gasteiger partial charge in [0.05, 0.1) is 11.9 Å². The van der Waals surface area contributed by atoms with Gasteiger partial charge in [-0.3, -0.25) is 9.10 Å². The molecular formula is C13H19BrN2O3S. The van der Waals surface area contributed by atoms with Gasteiger partial charge in [0.25, 0.3) is 0 Å². The Morgan fingerprint density at radius 3 is 2.05 bits per heavy atom. The summed E-state index contributed by atoms with van der Waals surface area (Å²) in [6.07, 6.45) is 1.10. The zero-order valence-electron chi connectivity index (χ0n) is 11.8. The molecule has 112 valence electrons. The number of anilines is 1.